The molecule has 0 aliphatic rings. The first-order valence-corrected chi connectivity index (χ1v) is 4.18. The fraction of sp³-hybridized carbons (Fsp3) is 0.500. The summed E-state index contributed by atoms with van der Waals surface area (Å²) in [6.45, 7) is 4.06. The number of rotatable bonds is 2. The lowest BCUT2D eigenvalue weighted by Gasteiger charge is -1.90. The third-order valence-electron chi connectivity index (χ3n) is 0.829. The molecule has 0 saturated heterocycles. The second-order valence-corrected chi connectivity index (χ2v) is 3.18. The number of allylic oxidation sites excluding steroid dienone is 2. The molecule has 0 aliphatic heterocycles. The number of thioether (sulfide) groups is 1. The zero-order valence-electron chi connectivity index (χ0n) is 6.35. The van der Waals surface area contributed by atoms with E-state index in [2.05, 4.69) is 18.8 Å². The van der Waals surface area contributed by atoms with Gasteiger partial charge >= 0.3 is 0 Å². The first-order valence-electron chi connectivity index (χ1n) is 3.20. The van der Waals surface area contributed by atoms with Crippen molar-refractivity contribution in [2.75, 3.05) is 12.4 Å². The summed E-state index contributed by atoms with van der Waals surface area (Å²) in [4.78, 5) is 1.20. The predicted molar refractivity (Wildman–Crippen MR) is 46.8 cm³/mol. The summed E-state index contributed by atoms with van der Waals surface area (Å²) in [7, 11) is 0. The van der Waals surface area contributed by atoms with Crippen LogP contribution >= 0.6 is 11.8 Å². The topological polar surface area (TPSA) is 20.2 Å². The van der Waals surface area contributed by atoms with E-state index < -0.39 is 0 Å². The highest BCUT2D eigenvalue weighted by Crippen LogP contribution is 2.11. The van der Waals surface area contributed by atoms with Gasteiger partial charge in [0.15, 0.2) is 0 Å². The Labute approximate surface area is 66.5 Å². The van der Waals surface area contributed by atoms with E-state index in [1.54, 1.807) is 11.8 Å². The number of hydrogen-bond acceptors (Lipinski definition) is 2. The maximum atomic E-state index is 8.30. The van der Waals surface area contributed by atoms with Gasteiger partial charge in [0.1, 0.15) is 6.61 Å². The first kappa shape index (κ1) is 9.61. The van der Waals surface area contributed by atoms with Crippen molar-refractivity contribution in [1.29, 1.82) is 0 Å². The fourth-order valence-electron chi connectivity index (χ4n) is 0.468. The quantitative estimate of drug-likeness (QED) is 0.613. The summed E-state index contributed by atoms with van der Waals surface area (Å²) in [6.07, 6.45) is 1.82. The molecule has 0 unspecified atom stereocenters. The highest BCUT2D eigenvalue weighted by molar-refractivity contribution is 8.03. The minimum absolute atomic E-state index is 0.0550. The van der Waals surface area contributed by atoms with E-state index in [4.69, 9.17) is 5.11 Å². The zero-order valence-corrected chi connectivity index (χ0v) is 7.16. The van der Waals surface area contributed by atoms with Crippen molar-refractivity contribution >= 4 is 11.8 Å². The van der Waals surface area contributed by atoms with Gasteiger partial charge in [-0.2, -0.15) is 0 Å². The number of aliphatic hydroxyl groups is 1. The first-order chi connectivity index (χ1) is 4.81. The minimum atomic E-state index is -0.0550. The standard InChI is InChI=1S/C8H12OS/c1-3-10-8(2)6-4-5-7-9/h6,9H,3,7H2,1-2H3/b8-6+. The van der Waals surface area contributed by atoms with Crippen LogP contribution in [0.3, 0.4) is 0 Å². The molecule has 0 heterocycles. The molecule has 0 aromatic rings. The van der Waals surface area contributed by atoms with Crippen LogP contribution in [0.25, 0.3) is 0 Å². The van der Waals surface area contributed by atoms with Crippen molar-refractivity contribution in [3.63, 3.8) is 0 Å². The van der Waals surface area contributed by atoms with Crippen LogP contribution in [0, 0.1) is 11.8 Å². The Hall–Kier alpha value is -0.390. The SMILES string of the molecule is CCS/C(C)=C/C#CCO. The molecule has 1 nitrogen and oxygen atoms in total. The molecule has 0 amide bonds. The maximum Gasteiger partial charge on any atom is 0.104 e. The largest absolute Gasteiger partial charge is 0.384 e. The van der Waals surface area contributed by atoms with Crippen LogP contribution in [0.15, 0.2) is 11.0 Å². The lowest BCUT2D eigenvalue weighted by molar-refractivity contribution is 0.350. The van der Waals surface area contributed by atoms with Gasteiger partial charge in [-0.1, -0.05) is 18.8 Å². The summed E-state index contributed by atoms with van der Waals surface area (Å²) < 4.78 is 0. The van der Waals surface area contributed by atoms with Gasteiger partial charge in [0.05, 0.1) is 0 Å². The van der Waals surface area contributed by atoms with E-state index in [0.717, 1.165) is 5.75 Å². The fourth-order valence-corrected chi connectivity index (χ4v) is 1.07. The third kappa shape index (κ3) is 5.74. The van der Waals surface area contributed by atoms with E-state index in [9.17, 15) is 0 Å². The van der Waals surface area contributed by atoms with Crippen LogP contribution in [-0.4, -0.2) is 17.5 Å². The van der Waals surface area contributed by atoms with Crippen molar-refractivity contribution < 1.29 is 5.11 Å². The molecule has 10 heavy (non-hydrogen) atoms. The molecular formula is C8H12OS. The summed E-state index contributed by atoms with van der Waals surface area (Å²) >= 11 is 1.76. The monoisotopic (exact) mass is 156 g/mol. The third-order valence-corrected chi connectivity index (χ3v) is 1.69. The Kier molecular flexibility index (Phi) is 6.46. The maximum absolute atomic E-state index is 8.30. The lowest BCUT2D eigenvalue weighted by atomic mass is 10.5. The van der Waals surface area contributed by atoms with Gasteiger partial charge in [0.2, 0.25) is 0 Å². The van der Waals surface area contributed by atoms with Gasteiger partial charge < -0.3 is 5.11 Å². The van der Waals surface area contributed by atoms with Gasteiger partial charge in [0.25, 0.3) is 0 Å². The predicted octanol–water partition coefficient (Wildman–Crippen LogP) is 1.64. The van der Waals surface area contributed by atoms with E-state index >= 15 is 0 Å². The van der Waals surface area contributed by atoms with Gasteiger partial charge in [-0.3, -0.25) is 0 Å². The van der Waals surface area contributed by atoms with Crippen molar-refractivity contribution in [3.8, 4) is 11.8 Å². The molecule has 0 aliphatic carbocycles. The Morgan fingerprint density at radius 3 is 2.90 bits per heavy atom. The Morgan fingerprint density at radius 2 is 2.40 bits per heavy atom. The number of hydrogen-bond donors (Lipinski definition) is 1. The molecule has 0 bridgehead atoms. The number of aliphatic hydroxyl groups excluding tert-OH is 1. The average molecular weight is 156 g/mol. The van der Waals surface area contributed by atoms with Crippen LogP contribution in [0.2, 0.25) is 0 Å². The molecule has 0 radical (unpaired) electrons. The average Bonchev–Trinajstić information content (AvgIpc) is 1.89. The lowest BCUT2D eigenvalue weighted by Crippen LogP contribution is -1.71. The molecule has 1 N–H and O–H groups in total. The molecule has 2 heteroatoms. The van der Waals surface area contributed by atoms with E-state index in [1.807, 2.05) is 13.0 Å². The summed E-state index contributed by atoms with van der Waals surface area (Å²) in [5, 5.41) is 8.30. The molecule has 0 saturated carbocycles. The van der Waals surface area contributed by atoms with Crippen LogP contribution < -0.4 is 0 Å². The van der Waals surface area contributed by atoms with E-state index in [-0.39, 0.29) is 6.61 Å². The van der Waals surface area contributed by atoms with Crippen LogP contribution in [0.5, 0.6) is 0 Å². The van der Waals surface area contributed by atoms with Crippen LogP contribution in [-0.2, 0) is 0 Å². The molecular weight excluding hydrogens is 144 g/mol. The molecule has 0 aromatic carbocycles. The van der Waals surface area contributed by atoms with E-state index in [1.165, 1.54) is 4.91 Å². The van der Waals surface area contributed by atoms with Gasteiger partial charge in [0, 0.05) is 0 Å². The molecule has 0 spiro atoms. The minimum Gasteiger partial charge on any atom is -0.384 e. The summed E-state index contributed by atoms with van der Waals surface area (Å²) in [5.41, 5.74) is 0. The van der Waals surface area contributed by atoms with Gasteiger partial charge in [-0.15, -0.1) is 11.8 Å². The van der Waals surface area contributed by atoms with Crippen molar-refractivity contribution in [1.82, 2.24) is 0 Å². The molecule has 0 fully saturated rings. The van der Waals surface area contributed by atoms with Crippen LogP contribution in [0.4, 0.5) is 0 Å². The molecule has 56 valence electrons. The highest BCUT2D eigenvalue weighted by Gasteiger charge is 1.82. The second-order valence-electron chi connectivity index (χ2n) is 1.67. The van der Waals surface area contributed by atoms with Gasteiger partial charge in [-0.05, 0) is 23.7 Å². The normalized spacial score (nSPS) is 10.5. The summed E-state index contributed by atoms with van der Waals surface area (Å²) in [6, 6.07) is 0. The Bertz CT molecular complexity index is 162. The second kappa shape index (κ2) is 6.73. The molecule has 0 atom stereocenters. The molecule has 0 aromatic heterocycles. The Morgan fingerprint density at radius 1 is 1.70 bits per heavy atom. The van der Waals surface area contributed by atoms with Crippen molar-refractivity contribution in [3.05, 3.63) is 11.0 Å². The van der Waals surface area contributed by atoms with Crippen molar-refractivity contribution in [2.24, 2.45) is 0 Å². The Balaban J connectivity index is 3.67. The zero-order chi connectivity index (χ0) is 7.82. The van der Waals surface area contributed by atoms with Gasteiger partial charge in [-0.25, -0.2) is 0 Å². The highest BCUT2D eigenvalue weighted by atomic mass is 32.2. The van der Waals surface area contributed by atoms with Crippen LogP contribution in [0.1, 0.15) is 13.8 Å². The summed E-state index contributed by atoms with van der Waals surface area (Å²) in [5.74, 6) is 6.36. The van der Waals surface area contributed by atoms with Crippen molar-refractivity contribution in [2.45, 2.75) is 13.8 Å². The smallest absolute Gasteiger partial charge is 0.104 e. The molecule has 0 rings (SSSR count). The van der Waals surface area contributed by atoms with E-state index in [0.29, 0.717) is 0 Å².